The summed E-state index contributed by atoms with van der Waals surface area (Å²) < 4.78 is 17.7. The van der Waals surface area contributed by atoms with Gasteiger partial charge in [-0.05, 0) is 48.3 Å². The lowest BCUT2D eigenvalue weighted by molar-refractivity contribution is -0.118. The van der Waals surface area contributed by atoms with Crippen molar-refractivity contribution in [1.29, 1.82) is 0 Å². The summed E-state index contributed by atoms with van der Waals surface area (Å²) in [6, 6.07) is 3.89. The second-order valence-electron chi connectivity index (χ2n) is 4.88. The second-order valence-corrected chi connectivity index (χ2v) is 6.17. The first-order valence-electron chi connectivity index (χ1n) is 7.13. The summed E-state index contributed by atoms with van der Waals surface area (Å²) in [5.41, 5.74) is 0.873. The van der Waals surface area contributed by atoms with Crippen molar-refractivity contribution in [3.05, 3.63) is 21.6 Å². The number of ether oxygens (including phenoxy) is 3. The van der Waals surface area contributed by atoms with Gasteiger partial charge in [0.2, 0.25) is 0 Å². The van der Waals surface area contributed by atoms with Gasteiger partial charge in [0.1, 0.15) is 6.10 Å². The van der Waals surface area contributed by atoms with Crippen LogP contribution >= 0.6 is 27.5 Å². The van der Waals surface area contributed by atoms with Crippen LogP contribution in [0.2, 0.25) is 5.02 Å². The molecule has 2 rings (SSSR count). The number of halogens is 2. The molecule has 0 aromatic heterocycles. The molecule has 1 fully saturated rings. The number of benzene rings is 1. The van der Waals surface area contributed by atoms with Crippen LogP contribution in [0.15, 0.2) is 16.6 Å². The standard InChI is InChI=1S/C15H21BrClNO3/c1-4-20-13-8-12(15(13)19-3)18-11-7-9(17)6-10(16)14(11)21-5-2/h6-7,12-13,15,18H,4-5,8H2,1-3H3. The first-order chi connectivity index (χ1) is 10.1. The first kappa shape index (κ1) is 16.9. The molecule has 0 spiro atoms. The quantitative estimate of drug-likeness (QED) is 0.775. The molecule has 0 radical (unpaired) electrons. The number of methoxy groups -OCH3 is 1. The molecule has 3 atom stereocenters. The zero-order valence-electron chi connectivity index (χ0n) is 12.5. The Labute approximate surface area is 139 Å². The molecule has 1 aliphatic carbocycles. The molecule has 0 amide bonds. The Bertz CT molecular complexity index is 486. The average molecular weight is 379 g/mol. The van der Waals surface area contributed by atoms with E-state index >= 15 is 0 Å². The minimum atomic E-state index is 0.0391. The van der Waals surface area contributed by atoms with Gasteiger partial charge in [-0.1, -0.05) is 11.6 Å². The topological polar surface area (TPSA) is 39.7 Å². The Morgan fingerprint density at radius 2 is 2.10 bits per heavy atom. The van der Waals surface area contributed by atoms with Gasteiger partial charge in [0, 0.05) is 18.7 Å². The van der Waals surface area contributed by atoms with Crippen molar-refractivity contribution in [1.82, 2.24) is 0 Å². The molecule has 1 aromatic rings. The van der Waals surface area contributed by atoms with E-state index in [1.807, 2.05) is 26.0 Å². The van der Waals surface area contributed by atoms with E-state index in [2.05, 4.69) is 21.2 Å². The fraction of sp³-hybridized carbons (Fsp3) is 0.600. The van der Waals surface area contributed by atoms with Gasteiger partial charge in [-0.2, -0.15) is 0 Å². The van der Waals surface area contributed by atoms with Crippen LogP contribution in [0.25, 0.3) is 0 Å². The fourth-order valence-electron chi connectivity index (χ4n) is 2.57. The van der Waals surface area contributed by atoms with Gasteiger partial charge in [0.25, 0.3) is 0 Å². The van der Waals surface area contributed by atoms with Crippen molar-refractivity contribution in [3.63, 3.8) is 0 Å². The molecule has 1 N–H and O–H groups in total. The zero-order chi connectivity index (χ0) is 15.4. The molecule has 4 nitrogen and oxygen atoms in total. The number of anilines is 1. The normalized spacial score (nSPS) is 24.5. The fourth-order valence-corrected chi connectivity index (χ4v) is 3.50. The predicted octanol–water partition coefficient (Wildman–Crippen LogP) is 4.11. The molecule has 0 bridgehead atoms. The molecular weight excluding hydrogens is 358 g/mol. The first-order valence-corrected chi connectivity index (χ1v) is 8.30. The summed E-state index contributed by atoms with van der Waals surface area (Å²) in [4.78, 5) is 0. The largest absolute Gasteiger partial charge is 0.491 e. The summed E-state index contributed by atoms with van der Waals surface area (Å²) in [5, 5.41) is 4.11. The minimum Gasteiger partial charge on any atom is -0.491 e. The molecule has 0 heterocycles. The molecule has 0 saturated heterocycles. The highest BCUT2D eigenvalue weighted by Gasteiger charge is 2.42. The van der Waals surface area contributed by atoms with Crippen molar-refractivity contribution in [3.8, 4) is 5.75 Å². The molecule has 118 valence electrons. The van der Waals surface area contributed by atoms with Crippen LogP contribution in [-0.4, -0.2) is 38.6 Å². The third-order valence-electron chi connectivity index (χ3n) is 3.54. The Hall–Kier alpha value is -0.490. The van der Waals surface area contributed by atoms with Crippen LogP contribution in [0.4, 0.5) is 5.69 Å². The van der Waals surface area contributed by atoms with Gasteiger partial charge >= 0.3 is 0 Å². The van der Waals surface area contributed by atoms with E-state index < -0.39 is 0 Å². The van der Waals surface area contributed by atoms with Gasteiger partial charge in [-0.3, -0.25) is 0 Å². The molecule has 6 heteroatoms. The molecule has 1 aliphatic rings. The Balaban J connectivity index is 2.12. The van der Waals surface area contributed by atoms with Gasteiger partial charge < -0.3 is 19.5 Å². The van der Waals surface area contributed by atoms with Crippen LogP contribution in [0.3, 0.4) is 0 Å². The highest BCUT2D eigenvalue weighted by molar-refractivity contribution is 9.10. The lowest BCUT2D eigenvalue weighted by Gasteiger charge is -2.44. The van der Waals surface area contributed by atoms with Gasteiger partial charge in [-0.25, -0.2) is 0 Å². The van der Waals surface area contributed by atoms with Crippen molar-refractivity contribution in [2.45, 2.75) is 38.5 Å². The van der Waals surface area contributed by atoms with E-state index in [0.29, 0.717) is 18.2 Å². The van der Waals surface area contributed by atoms with E-state index in [1.54, 1.807) is 7.11 Å². The van der Waals surface area contributed by atoms with Crippen molar-refractivity contribution in [2.75, 3.05) is 25.6 Å². The summed E-state index contributed by atoms with van der Waals surface area (Å²) in [6.45, 7) is 5.24. The van der Waals surface area contributed by atoms with E-state index in [1.165, 1.54) is 0 Å². The van der Waals surface area contributed by atoms with E-state index in [0.717, 1.165) is 22.3 Å². The maximum Gasteiger partial charge on any atom is 0.156 e. The summed E-state index contributed by atoms with van der Waals surface area (Å²) >= 11 is 9.63. The number of nitrogens with one attached hydrogen (secondary N) is 1. The van der Waals surface area contributed by atoms with E-state index in [4.69, 9.17) is 25.8 Å². The molecule has 1 aromatic carbocycles. The predicted molar refractivity (Wildman–Crippen MR) is 88.6 cm³/mol. The molecule has 1 saturated carbocycles. The van der Waals surface area contributed by atoms with Gasteiger partial charge in [0.05, 0.1) is 28.9 Å². The number of hydrogen-bond acceptors (Lipinski definition) is 4. The van der Waals surface area contributed by atoms with Crippen LogP contribution in [0.5, 0.6) is 5.75 Å². The van der Waals surface area contributed by atoms with Crippen molar-refractivity contribution >= 4 is 33.2 Å². The van der Waals surface area contributed by atoms with Gasteiger partial charge in [-0.15, -0.1) is 0 Å². The van der Waals surface area contributed by atoms with E-state index in [-0.39, 0.29) is 18.2 Å². The third-order valence-corrected chi connectivity index (χ3v) is 4.35. The Morgan fingerprint density at radius 3 is 2.71 bits per heavy atom. The molecule has 0 aliphatic heterocycles. The smallest absolute Gasteiger partial charge is 0.156 e. The maximum absolute atomic E-state index is 6.13. The Morgan fingerprint density at radius 1 is 1.33 bits per heavy atom. The van der Waals surface area contributed by atoms with Crippen molar-refractivity contribution in [2.24, 2.45) is 0 Å². The maximum atomic E-state index is 6.13. The van der Waals surface area contributed by atoms with Crippen LogP contribution in [0, 0.1) is 0 Å². The monoisotopic (exact) mass is 377 g/mol. The van der Waals surface area contributed by atoms with E-state index in [9.17, 15) is 0 Å². The summed E-state index contributed by atoms with van der Waals surface area (Å²) in [7, 11) is 1.71. The number of rotatable bonds is 7. The lowest BCUT2D eigenvalue weighted by Crippen LogP contribution is -2.56. The zero-order valence-corrected chi connectivity index (χ0v) is 14.8. The second kappa shape index (κ2) is 7.68. The van der Waals surface area contributed by atoms with Crippen LogP contribution in [-0.2, 0) is 9.47 Å². The number of hydrogen-bond donors (Lipinski definition) is 1. The highest BCUT2D eigenvalue weighted by Crippen LogP contribution is 2.39. The summed E-state index contributed by atoms with van der Waals surface area (Å²) in [5.74, 6) is 0.775. The molecule has 21 heavy (non-hydrogen) atoms. The SMILES string of the molecule is CCOc1c(Br)cc(Cl)cc1NC1CC(OCC)C1OC. The summed E-state index contributed by atoms with van der Waals surface area (Å²) in [6.07, 6.45) is 1.09. The van der Waals surface area contributed by atoms with Crippen LogP contribution < -0.4 is 10.1 Å². The third kappa shape index (κ3) is 3.83. The lowest BCUT2D eigenvalue weighted by atomic mass is 9.85. The molecular formula is C15H21BrClNO3. The minimum absolute atomic E-state index is 0.0391. The molecule has 3 unspecified atom stereocenters. The van der Waals surface area contributed by atoms with Crippen LogP contribution in [0.1, 0.15) is 20.3 Å². The van der Waals surface area contributed by atoms with Gasteiger partial charge in [0.15, 0.2) is 5.75 Å². The highest BCUT2D eigenvalue weighted by atomic mass is 79.9. The van der Waals surface area contributed by atoms with Crippen molar-refractivity contribution < 1.29 is 14.2 Å². The Kier molecular flexibility index (Phi) is 6.17. The average Bonchev–Trinajstić information content (AvgIpc) is 2.41.